The Morgan fingerprint density at radius 2 is 1.85 bits per heavy atom. The number of hydrogen-bond donors (Lipinski definition) is 0. The summed E-state index contributed by atoms with van der Waals surface area (Å²) >= 11 is 0. The van der Waals surface area contributed by atoms with Crippen molar-refractivity contribution in [3.8, 4) is 0 Å². The van der Waals surface area contributed by atoms with Crippen molar-refractivity contribution in [1.82, 2.24) is 0 Å². The molecule has 20 heavy (non-hydrogen) atoms. The van der Waals surface area contributed by atoms with E-state index < -0.39 is 41.9 Å². The molecule has 7 heteroatoms. The number of Topliss-reactive ketones (excluding diaryl/α,β-unsaturated/α-hetero) is 2. The summed E-state index contributed by atoms with van der Waals surface area (Å²) in [6, 6.07) is 0.984. The molecule has 0 N–H and O–H groups in total. The van der Waals surface area contributed by atoms with Crippen LogP contribution in [0.5, 0.6) is 0 Å². The van der Waals surface area contributed by atoms with E-state index in [0.29, 0.717) is 18.6 Å². The SMILES string of the molecule is O=C(CC(=O)C1=NOCC1)Cc1cc(F)c(F)cc1F. The molecule has 0 saturated heterocycles. The molecule has 0 bridgehead atoms. The highest BCUT2D eigenvalue weighted by atomic mass is 19.2. The van der Waals surface area contributed by atoms with Gasteiger partial charge in [-0.05, 0) is 11.6 Å². The van der Waals surface area contributed by atoms with Gasteiger partial charge in [-0.3, -0.25) is 9.59 Å². The molecular weight excluding hydrogens is 275 g/mol. The van der Waals surface area contributed by atoms with E-state index in [1.807, 2.05) is 0 Å². The molecule has 1 aliphatic heterocycles. The lowest BCUT2D eigenvalue weighted by Crippen LogP contribution is -2.18. The van der Waals surface area contributed by atoms with Crippen LogP contribution in [-0.4, -0.2) is 23.9 Å². The predicted molar refractivity (Wildman–Crippen MR) is 62.7 cm³/mol. The molecule has 0 aliphatic carbocycles. The quantitative estimate of drug-likeness (QED) is 0.613. The first kappa shape index (κ1) is 14.2. The average molecular weight is 285 g/mol. The highest BCUT2D eigenvalue weighted by molar-refractivity contribution is 6.42. The van der Waals surface area contributed by atoms with E-state index in [0.717, 1.165) is 0 Å². The minimum Gasteiger partial charge on any atom is -0.395 e. The fraction of sp³-hybridized carbons (Fsp3) is 0.308. The summed E-state index contributed by atoms with van der Waals surface area (Å²) in [5, 5.41) is 3.47. The Labute approximate surface area is 112 Å². The van der Waals surface area contributed by atoms with Crippen molar-refractivity contribution in [3.05, 3.63) is 35.1 Å². The molecule has 0 fully saturated rings. The number of ketones is 2. The Bertz CT molecular complexity index is 599. The van der Waals surface area contributed by atoms with Gasteiger partial charge in [0.05, 0.1) is 6.42 Å². The molecule has 1 aromatic rings. The lowest BCUT2D eigenvalue weighted by Gasteiger charge is -2.03. The molecule has 1 heterocycles. The van der Waals surface area contributed by atoms with E-state index in [4.69, 9.17) is 0 Å². The van der Waals surface area contributed by atoms with Crippen LogP contribution in [0.4, 0.5) is 13.2 Å². The second-order valence-electron chi connectivity index (χ2n) is 4.29. The van der Waals surface area contributed by atoms with Crippen LogP contribution < -0.4 is 0 Å². The first-order valence-electron chi connectivity index (χ1n) is 5.84. The number of nitrogens with zero attached hydrogens (tertiary/aromatic N) is 1. The Hall–Kier alpha value is -2.18. The molecule has 0 atom stereocenters. The van der Waals surface area contributed by atoms with Gasteiger partial charge in [-0.15, -0.1) is 0 Å². The maximum Gasteiger partial charge on any atom is 0.187 e. The standard InChI is InChI=1S/C13H10F3NO3/c14-9-6-11(16)10(15)4-7(9)3-8(18)5-13(19)12-1-2-20-17-12/h4,6H,1-3,5H2. The predicted octanol–water partition coefficient (Wildman–Crippen LogP) is 1.95. The van der Waals surface area contributed by atoms with Gasteiger partial charge >= 0.3 is 0 Å². The van der Waals surface area contributed by atoms with E-state index in [-0.39, 0.29) is 17.9 Å². The zero-order valence-electron chi connectivity index (χ0n) is 10.3. The summed E-state index contributed by atoms with van der Waals surface area (Å²) in [5.41, 5.74) is -0.129. The minimum absolute atomic E-state index is 0.157. The first-order valence-corrected chi connectivity index (χ1v) is 5.84. The smallest absolute Gasteiger partial charge is 0.187 e. The lowest BCUT2D eigenvalue weighted by atomic mass is 10.0. The highest BCUT2D eigenvalue weighted by Gasteiger charge is 2.21. The van der Waals surface area contributed by atoms with Crippen LogP contribution in [0.25, 0.3) is 0 Å². The van der Waals surface area contributed by atoms with Crippen molar-refractivity contribution >= 4 is 17.3 Å². The van der Waals surface area contributed by atoms with E-state index in [2.05, 4.69) is 9.99 Å². The number of oxime groups is 1. The Balaban J connectivity index is 2.01. The molecule has 1 aromatic carbocycles. The van der Waals surface area contributed by atoms with Gasteiger partial charge in [-0.2, -0.15) is 0 Å². The van der Waals surface area contributed by atoms with E-state index in [1.54, 1.807) is 0 Å². The van der Waals surface area contributed by atoms with E-state index in [1.165, 1.54) is 0 Å². The fourth-order valence-corrected chi connectivity index (χ4v) is 1.76. The number of carbonyl (C=O) groups excluding carboxylic acids is 2. The van der Waals surface area contributed by atoms with Crippen LogP contribution in [0, 0.1) is 17.5 Å². The molecule has 0 spiro atoms. The second-order valence-corrected chi connectivity index (χ2v) is 4.29. The molecule has 1 aliphatic rings. The summed E-state index contributed by atoms with van der Waals surface area (Å²) in [4.78, 5) is 27.9. The molecule has 0 amide bonds. The van der Waals surface area contributed by atoms with Crippen molar-refractivity contribution in [2.45, 2.75) is 19.3 Å². The number of rotatable bonds is 5. The third-order valence-corrected chi connectivity index (χ3v) is 2.76. The monoisotopic (exact) mass is 285 g/mol. The Kier molecular flexibility index (Phi) is 4.16. The molecule has 106 valence electrons. The zero-order chi connectivity index (χ0) is 14.7. The van der Waals surface area contributed by atoms with Gasteiger partial charge in [0.15, 0.2) is 17.4 Å². The van der Waals surface area contributed by atoms with E-state index in [9.17, 15) is 22.8 Å². The summed E-state index contributed by atoms with van der Waals surface area (Å²) in [7, 11) is 0. The molecule has 0 aromatic heterocycles. The third-order valence-electron chi connectivity index (χ3n) is 2.76. The second kappa shape index (κ2) is 5.85. The van der Waals surface area contributed by atoms with Crippen LogP contribution in [0.1, 0.15) is 18.4 Å². The zero-order valence-corrected chi connectivity index (χ0v) is 10.3. The normalized spacial score (nSPS) is 13.8. The summed E-state index contributed by atoms with van der Waals surface area (Å²) < 4.78 is 39.0. The summed E-state index contributed by atoms with van der Waals surface area (Å²) in [6.07, 6.45) is -0.630. The Morgan fingerprint density at radius 1 is 1.15 bits per heavy atom. The van der Waals surface area contributed by atoms with Crippen LogP contribution in [0.3, 0.4) is 0 Å². The fourth-order valence-electron chi connectivity index (χ4n) is 1.76. The van der Waals surface area contributed by atoms with Gasteiger partial charge in [0, 0.05) is 18.9 Å². The summed E-state index contributed by atoms with van der Waals surface area (Å²) in [6.45, 7) is 0.285. The molecule has 0 radical (unpaired) electrons. The van der Waals surface area contributed by atoms with Crippen molar-refractivity contribution in [1.29, 1.82) is 0 Å². The van der Waals surface area contributed by atoms with Crippen LogP contribution >= 0.6 is 0 Å². The first-order chi connectivity index (χ1) is 9.47. The topological polar surface area (TPSA) is 55.7 Å². The van der Waals surface area contributed by atoms with Gasteiger partial charge in [0.25, 0.3) is 0 Å². The van der Waals surface area contributed by atoms with Crippen molar-refractivity contribution in [2.24, 2.45) is 5.16 Å². The van der Waals surface area contributed by atoms with Crippen molar-refractivity contribution < 1.29 is 27.6 Å². The summed E-state index contributed by atoms with van der Waals surface area (Å²) in [5.74, 6) is -4.70. The van der Waals surface area contributed by atoms with E-state index >= 15 is 0 Å². The maximum absolute atomic E-state index is 13.3. The van der Waals surface area contributed by atoms with Crippen molar-refractivity contribution in [3.63, 3.8) is 0 Å². The lowest BCUT2D eigenvalue weighted by molar-refractivity contribution is -0.123. The van der Waals surface area contributed by atoms with Gasteiger partial charge < -0.3 is 4.84 Å². The number of benzene rings is 1. The van der Waals surface area contributed by atoms with Gasteiger partial charge in [-0.1, -0.05) is 5.16 Å². The molecule has 0 saturated carbocycles. The Morgan fingerprint density at radius 3 is 2.50 bits per heavy atom. The van der Waals surface area contributed by atoms with Crippen LogP contribution in [0.2, 0.25) is 0 Å². The van der Waals surface area contributed by atoms with Crippen LogP contribution in [0.15, 0.2) is 17.3 Å². The molecule has 2 rings (SSSR count). The highest BCUT2D eigenvalue weighted by Crippen LogP contribution is 2.15. The van der Waals surface area contributed by atoms with Crippen molar-refractivity contribution in [2.75, 3.05) is 6.61 Å². The third kappa shape index (κ3) is 3.23. The minimum atomic E-state index is -1.33. The van der Waals surface area contributed by atoms with Gasteiger partial charge in [-0.25, -0.2) is 13.2 Å². The molecule has 4 nitrogen and oxygen atoms in total. The number of halogens is 3. The molecular formula is C13H10F3NO3. The largest absolute Gasteiger partial charge is 0.395 e. The number of hydrogen-bond acceptors (Lipinski definition) is 4. The van der Waals surface area contributed by atoms with Crippen LogP contribution in [-0.2, 0) is 20.8 Å². The average Bonchev–Trinajstić information content (AvgIpc) is 2.89. The number of carbonyl (C=O) groups is 2. The van der Waals surface area contributed by atoms with Gasteiger partial charge in [0.1, 0.15) is 23.9 Å². The molecule has 0 unspecified atom stereocenters. The maximum atomic E-state index is 13.3. The van der Waals surface area contributed by atoms with Gasteiger partial charge in [0.2, 0.25) is 0 Å².